The van der Waals surface area contributed by atoms with Gasteiger partial charge in [-0.1, -0.05) is 6.92 Å². The highest BCUT2D eigenvalue weighted by Gasteiger charge is 2.08. The molecule has 6 nitrogen and oxygen atoms in total. The fraction of sp³-hybridized carbons (Fsp3) is 0.308. The maximum atomic E-state index is 11.7. The number of rotatable bonds is 5. The second-order valence-corrected chi connectivity index (χ2v) is 4.47. The number of carbonyl (C=O) groups is 1. The smallest absolute Gasteiger partial charge is 0.224 e. The fourth-order valence-corrected chi connectivity index (χ4v) is 1.62. The Hall–Kier alpha value is -2.21. The largest absolute Gasteiger partial charge is 0.330 e. The number of anilines is 1. The first-order valence-corrected chi connectivity index (χ1v) is 6.13. The normalized spacial score (nSPS) is 12.1. The van der Waals surface area contributed by atoms with E-state index < -0.39 is 0 Å². The van der Waals surface area contributed by atoms with Crippen molar-refractivity contribution in [2.45, 2.75) is 13.3 Å². The molecule has 1 amide bonds. The molecule has 1 unspecified atom stereocenters. The number of nitrogens with zero attached hydrogens (tertiary/aromatic N) is 3. The number of carbonyl (C=O) groups excluding carboxylic acids is 1. The Morgan fingerprint density at radius 3 is 2.95 bits per heavy atom. The van der Waals surface area contributed by atoms with Gasteiger partial charge in [-0.25, -0.2) is 9.97 Å². The average molecular weight is 259 g/mol. The number of hydrogen-bond donors (Lipinski definition) is 2. The van der Waals surface area contributed by atoms with Crippen molar-refractivity contribution in [1.82, 2.24) is 14.5 Å². The second kappa shape index (κ2) is 6.10. The Morgan fingerprint density at radius 2 is 2.37 bits per heavy atom. The average Bonchev–Trinajstić information content (AvgIpc) is 2.93. The minimum absolute atomic E-state index is 0.0462. The van der Waals surface area contributed by atoms with Gasteiger partial charge in [0.2, 0.25) is 5.91 Å². The van der Waals surface area contributed by atoms with Crippen LogP contribution in [-0.2, 0) is 4.79 Å². The monoisotopic (exact) mass is 259 g/mol. The van der Waals surface area contributed by atoms with Crippen LogP contribution in [0.25, 0.3) is 5.82 Å². The van der Waals surface area contributed by atoms with E-state index in [1.807, 2.05) is 25.3 Å². The topological polar surface area (TPSA) is 85.8 Å². The van der Waals surface area contributed by atoms with Gasteiger partial charge in [-0.05, 0) is 24.6 Å². The number of nitrogens with one attached hydrogen (secondary N) is 1. The van der Waals surface area contributed by atoms with Gasteiger partial charge in [0.25, 0.3) is 0 Å². The standard InChI is InChI=1S/C13H17N5O/c1-10(7-14)6-13(19)17-11-2-3-12(16-8-11)18-5-4-15-9-18/h2-5,8-10H,6-7,14H2,1H3,(H,17,19). The van der Waals surface area contributed by atoms with E-state index in [-0.39, 0.29) is 11.8 Å². The van der Waals surface area contributed by atoms with Gasteiger partial charge in [0, 0.05) is 18.8 Å². The third kappa shape index (κ3) is 3.62. The summed E-state index contributed by atoms with van der Waals surface area (Å²) < 4.78 is 1.79. The van der Waals surface area contributed by atoms with Crippen LogP contribution in [0.2, 0.25) is 0 Å². The zero-order chi connectivity index (χ0) is 13.7. The van der Waals surface area contributed by atoms with E-state index >= 15 is 0 Å². The SMILES string of the molecule is CC(CN)CC(=O)Nc1ccc(-n2ccnc2)nc1. The van der Waals surface area contributed by atoms with Crippen molar-refractivity contribution < 1.29 is 4.79 Å². The predicted octanol–water partition coefficient (Wildman–Crippen LogP) is 1.19. The third-order valence-electron chi connectivity index (χ3n) is 2.74. The van der Waals surface area contributed by atoms with Crippen LogP contribution in [-0.4, -0.2) is 27.0 Å². The maximum Gasteiger partial charge on any atom is 0.224 e. The fourth-order valence-electron chi connectivity index (χ4n) is 1.62. The van der Waals surface area contributed by atoms with Gasteiger partial charge in [-0.3, -0.25) is 9.36 Å². The van der Waals surface area contributed by atoms with Gasteiger partial charge in [0.15, 0.2) is 0 Å². The van der Waals surface area contributed by atoms with Gasteiger partial charge in [-0.15, -0.1) is 0 Å². The summed E-state index contributed by atoms with van der Waals surface area (Å²) in [4.78, 5) is 19.9. The van der Waals surface area contributed by atoms with Crippen LogP contribution in [0.5, 0.6) is 0 Å². The molecule has 0 aliphatic carbocycles. The van der Waals surface area contributed by atoms with E-state index in [4.69, 9.17) is 5.73 Å². The van der Waals surface area contributed by atoms with Crippen molar-refractivity contribution >= 4 is 11.6 Å². The molecule has 0 aliphatic rings. The van der Waals surface area contributed by atoms with Crippen LogP contribution >= 0.6 is 0 Å². The van der Waals surface area contributed by atoms with Crippen molar-refractivity contribution in [2.24, 2.45) is 11.7 Å². The van der Waals surface area contributed by atoms with Crippen LogP contribution in [0.1, 0.15) is 13.3 Å². The second-order valence-electron chi connectivity index (χ2n) is 4.47. The first kappa shape index (κ1) is 13.2. The Morgan fingerprint density at radius 1 is 1.53 bits per heavy atom. The molecule has 2 aromatic rings. The van der Waals surface area contributed by atoms with E-state index in [2.05, 4.69) is 15.3 Å². The molecule has 0 saturated carbocycles. The Bertz CT molecular complexity index is 520. The van der Waals surface area contributed by atoms with E-state index in [1.165, 1.54) is 0 Å². The van der Waals surface area contributed by atoms with Crippen molar-refractivity contribution in [1.29, 1.82) is 0 Å². The molecule has 0 radical (unpaired) electrons. The molecule has 19 heavy (non-hydrogen) atoms. The van der Waals surface area contributed by atoms with Crippen LogP contribution in [0.3, 0.4) is 0 Å². The zero-order valence-corrected chi connectivity index (χ0v) is 10.8. The summed E-state index contributed by atoms with van der Waals surface area (Å²) in [6.45, 7) is 2.45. The maximum absolute atomic E-state index is 11.7. The summed E-state index contributed by atoms with van der Waals surface area (Å²) in [5.41, 5.74) is 6.17. The van der Waals surface area contributed by atoms with Crippen molar-refractivity contribution in [3.05, 3.63) is 37.1 Å². The number of nitrogens with two attached hydrogens (primary N) is 1. The van der Waals surface area contributed by atoms with Gasteiger partial charge in [-0.2, -0.15) is 0 Å². The zero-order valence-electron chi connectivity index (χ0n) is 10.8. The molecule has 100 valence electrons. The van der Waals surface area contributed by atoms with E-state index in [0.717, 1.165) is 5.82 Å². The van der Waals surface area contributed by atoms with Gasteiger partial charge in [0.1, 0.15) is 12.1 Å². The molecule has 0 saturated heterocycles. The third-order valence-corrected chi connectivity index (χ3v) is 2.74. The van der Waals surface area contributed by atoms with Crippen LogP contribution in [0, 0.1) is 5.92 Å². The summed E-state index contributed by atoms with van der Waals surface area (Å²) in [5, 5.41) is 2.80. The van der Waals surface area contributed by atoms with Crippen LogP contribution in [0.4, 0.5) is 5.69 Å². The lowest BCUT2D eigenvalue weighted by Gasteiger charge is -2.09. The molecular formula is C13H17N5O. The molecule has 2 aromatic heterocycles. The molecule has 0 bridgehead atoms. The molecule has 1 atom stereocenters. The highest BCUT2D eigenvalue weighted by Crippen LogP contribution is 2.10. The number of amides is 1. The quantitative estimate of drug-likeness (QED) is 0.844. The van der Waals surface area contributed by atoms with Crippen molar-refractivity contribution in [3.8, 4) is 5.82 Å². The number of pyridine rings is 1. The van der Waals surface area contributed by atoms with Gasteiger partial charge in [0.05, 0.1) is 11.9 Å². The Balaban J connectivity index is 1.97. The van der Waals surface area contributed by atoms with E-state index in [1.54, 1.807) is 23.3 Å². The Labute approximate surface area is 111 Å². The van der Waals surface area contributed by atoms with Gasteiger partial charge < -0.3 is 11.1 Å². The minimum Gasteiger partial charge on any atom is -0.330 e. The lowest BCUT2D eigenvalue weighted by Crippen LogP contribution is -2.20. The molecule has 0 aromatic carbocycles. The predicted molar refractivity (Wildman–Crippen MR) is 72.8 cm³/mol. The number of hydrogen-bond acceptors (Lipinski definition) is 4. The van der Waals surface area contributed by atoms with Crippen molar-refractivity contribution in [3.63, 3.8) is 0 Å². The van der Waals surface area contributed by atoms with Crippen molar-refractivity contribution in [2.75, 3.05) is 11.9 Å². The van der Waals surface area contributed by atoms with E-state index in [0.29, 0.717) is 18.7 Å². The highest BCUT2D eigenvalue weighted by atomic mass is 16.1. The summed E-state index contributed by atoms with van der Waals surface area (Å²) in [7, 11) is 0. The van der Waals surface area contributed by atoms with Gasteiger partial charge >= 0.3 is 0 Å². The van der Waals surface area contributed by atoms with E-state index in [9.17, 15) is 4.79 Å². The summed E-state index contributed by atoms with van der Waals surface area (Å²) in [6.07, 6.45) is 7.21. The summed E-state index contributed by atoms with van der Waals surface area (Å²) in [6, 6.07) is 3.64. The number of imidazole rings is 1. The Kier molecular flexibility index (Phi) is 4.25. The first-order valence-electron chi connectivity index (χ1n) is 6.13. The molecule has 0 spiro atoms. The molecule has 0 fully saturated rings. The molecule has 2 rings (SSSR count). The number of aromatic nitrogens is 3. The minimum atomic E-state index is -0.0462. The lowest BCUT2D eigenvalue weighted by atomic mass is 10.1. The molecule has 3 N–H and O–H groups in total. The van der Waals surface area contributed by atoms with Crippen LogP contribution < -0.4 is 11.1 Å². The molecule has 0 aliphatic heterocycles. The molecule has 2 heterocycles. The highest BCUT2D eigenvalue weighted by molar-refractivity contribution is 5.90. The lowest BCUT2D eigenvalue weighted by molar-refractivity contribution is -0.116. The van der Waals surface area contributed by atoms with Crippen LogP contribution in [0.15, 0.2) is 37.1 Å². The first-order chi connectivity index (χ1) is 9.19. The summed E-state index contributed by atoms with van der Waals surface area (Å²) in [5.74, 6) is 0.888. The summed E-state index contributed by atoms with van der Waals surface area (Å²) >= 11 is 0. The molecular weight excluding hydrogens is 242 g/mol. The molecule has 6 heteroatoms.